The van der Waals surface area contributed by atoms with Gasteiger partial charge in [-0.2, -0.15) is 0 Å². The fourth-order valence-electron chi connectivity index (χ4n) is 1.57. The van der Waals surface area contributed by atoms with E-state index >= 15 is 0 Å². The molecule has 0 aliphatic carbocycles. The van der Waals surface area contributed by atoms with Gasteiger partial charge in [-0.05, 0) is 37.5 Å². The third-order valence-corrected chi connectivity index (χ3v) is 2.63. The number of hydrogen-bond donors (Lipinski definition) is 2. The lowest BCUT2D eigenvalue weighted by molar-refractivity contribution is 0.151. The summed E-state index contributed by atoms with van der Waals surface area (Å²) in [5, 5.41) is 18.2. The van der Waals surface area contributed by atoms with Gasteiger partial charge in [-0.1, -0.05) is 42.5 Å². The average Bonchev–Trinajstić information content (AvgIpc) is 2.49. The minimum atomic E-state index is -0.783. The summed E-state index contributed by atoms with van der Waals surface area (Å²) in [6.07, 6.45) is 6.84. The molecule has 0 radical (unpaired) electrons. The second-order valence-electron chi connectivity index (χ2n) is 4.40. The summed E-state index contributed by atoms with van der Waals surface area (Å²) in [5.74, 6) is 6.24. The third kappa shape index (κ3) is 8.36. The van der Waals surface area contributed by atoms with Gasteiger partial charge in [-0.25, -0.2) is 0 Å². The molecule has 0 saturated carbocycles. The quantitative estimate of drug-likeness (QED) is 0.566. The van der Waals surface area contributed by atoms with Gasteiger partial charge in [0.05, 0.1) is 0 Å². The van der Waals surface area contributed by atoms with Gasteiger partial charge in [-0.3, -0.25) is 0 Å². The molecule has 3 nitrogen and oxygen atoms in total. The van der Waals surface area contributed by atoms with Crippen molar-refractivity contribution in [1.82, 2.24) is 0 Å². The predicted octanol–water partition coefficient (Wildman–Crippen LogP) is 2.54. The molecular weight excluding hydrogens is 252 g/mol. The highest BCUT2D eigenvalue weighted by atomic mass is 16.5. The van der Waals surface area contributed by atoms with Crippen LogP contribution in [0.4, 0.5) is 0 Å². The van der Waals surface area contributed by atoms with Crippen molar-refractivity contribution in [1.29, 1.82) is 0 Å². The van der Waals surface area contributed by atoms with Crippen LogP contribution in [0.25, 0.3) is 0 Å². The highest BCUT2D eigenvalue weighted by Crippen LogP contribution is 2.08. The molecule has 1 atom stereocenters. The van der Waals surface area contributed by atoms with Crippen LogP contribution in [0.15, 0.2) is 42.5 Å². The average molecular weight is 274 g/mol. The van der Waals surface area contributed by atoms with E-state index in [1.54, 1.807) is 6.08 Å². The van der Waals surface area contributed by atoms with Crippen LogP contribution in [-0.4, -0.2) is 29.5 Å². The summed E-state index contributed by atoms with van der Waals surface area (Å²) in [5.41, 5.74) is 0. The number of aliphatic hydroxyl groups excluding tert-OH is 2. The third-order valence-electron chi connectivity index (χ3n) is 2.63. The Hall–Kier alpha value is -1.76. The van der Waals surface area contributed by atoms with E-state index < -0.39 is 6.10 Å². The first-order chi connectivity index (χ1) is 9.83. The van der Waals surface area contributed by atoms with Crippen molar-refractivity contribution in [3.8, 4) is 17.6 Å². The minimum Gasteiger partial charge on any atom is -0.490 e. The highest BCUT2D eigenvalue weighted by molar-refractivity contribution is 5.22. The van der Waals surface area contributed by atoms with Crippen LogP contribution in [0.2, 0.25) is 0 Å². The van der Waals surface area contributed by atoms with E-state index in [1.807, 2.05) is 36.4 Å². The molecule has 0 bridgehead atoms. The Bertz CT molecular complexity index is 429. The smallest absolute Gasteiger partial charge is 0.148 e. The number of para-hydroxylation sites is 1. The van der Waals surface area contributed by atoms with Gasteiger partial charge in [0.2, 0.25) is 0 Å². The molecule has 0 saturated heterocycles. The maximum absolute atomic E-state index is 9.62. The molecule has 1 aromatic rings. The molecule has 0 aromatic heterocycles. The van der Waals surface area contributed by atoms with Crippen molar-refractivity contribution in [2.24, 2.45) is 0 Å². The van der Waals surface area contributed by atoms with Gasteiger partial charge < -0.3 is 14.9 Å². The molecule has 0 spiro atoms. The van der Waals surface area contributed by atoms with Crippen molar-refractivity contribution in [2.45, 2.75) is 31.8 Å². The Morgan fingerprint density at radius 2 is 1.95 bits per heavy atom. The first kappa shape index (κ1) is 16.3. The first-order valence-electron chi connectivity index (χ1n) is 6.96. The molecule has 1 rings (SSSR count). The molecule has 0 aliphatic rings. The van der Waals surface area contributed by atoms with E-state index in [0.717, 1.165) is 31.4 Å². The summed E-state index contributed by atoms with van der Waals surface area (Å²) in [4.78, 5) is 0. The normalized spacial score (nSPS) is 11.9. The van der Waals surface area contributed by atoms with Crippen molar-refractivity contribution in [2.75, 3.05) is 13.2 Å². The minimum absolute atomic E-state index is 0.168. The zero-order valence-corrected chi connectivity index (χ0v) is 11.7. The summed E-state index contributed by atoms with van der Waals surface area (Å²) >= 11 is 0. The zero-order chi connectivity index (χ0) is 14.5. The molecule has 0 fully saturated rings. The van der Waals surface area contributed by atoms with Gasteiger partial charge in [0, 0.05) is 6.61 Å². The Morgan fingerprint density at radius 3 is 2.70 bits per heavy atom. The Balaban J connectivity index is 2.14. The summed E-state index contributed by atoms with van der Waals surface area (Å²) in [6, 6.07) is 9.35. The molecule has 20 heavy (non-hydrogen) atoms. The number of ether oxygens (including phenoxy) is 1. The molecule has 0 aliphatic heterocycles. The van der Waals surface area contributed by atoms with E-state index in [0.29, 0.717) is 0 Å². The van der Waals surface area contributed by atoms with Crippen LogP contribution in [-0.2, 0) is 0 Å². The summed E-state index contributed by atoms with van der Waals surface area (Å²) < 4.78 is 5.39. The monoisotopic (exact) mass is 274 g/mol. The molecule has 0 amide bonds. The predicted molar refractivity (Wildman–Crippen MR) is 80.4 cm³/mol. The topological polar surface area (TPSA) is 49.7 Å². The lowest BCUT2D eigenvalue weighted by Gasteiger charge is -2.06. The van der Waals surface area contributed by atoms with Crippen LogP contribution in [0.1, 0.15) is 25.7 Å². The van der Waals surface area contributed by atoms with Crippen LogP contribution in [0.5, 0.6) is 5.75 Å². The molecule has 2 N–H and O–H groups in total. The van der Waals surface area contributed by atoms with E-state index in [2.05, 4.69) is 11.8 Å². The fourth-order valence-corrected chi connectivity index (χ4v) is 1.57. The lowest BCUT2D eigenvalue weighted by atomic mass is 10.2. The zero-order valence-electron chi connectivity index (χ0n) is 11.7. The van der Waals surface area contributed by atoms with Crippen molar-refractivity contribution >= 4 is 0 Å². The standard InChI is InChI=1S/C17H22O3/c18-14-10-5-3-1-2-4-7-11-16(19)15-20-17-12-8-6-9-13-17/h2,4,6,8-9,12-13,16,18-19H,1,3,5,10,14-15H2. The Morgan fingerprint density at radius 1 is 1.15 bits per heavy atom. The van der Waals surface area contributed by atoms with Gasteiger partial charge in [0.1, 0.15) is 18.5 Å². The Labute approximate surface area is 120 Å². The van der Waals surface area contributed by atoms with E-state index in [-0.39, 0.29) is 13.2 Å². The van der Waals surface area contributed by atoms with Crippen LogP contribution < -0.4 is 4.74 Å². The maximum atomic E-state index is 9.62. The second-order valence-corrected chi connectivity index (χ2v) is 4.40. The number of benzene rings is 1. The number of aliphatic hydroxyl groups is 2. The van der Waals surface area contributed by atoms with Gasteiger partial charge >= 0.3 is 0 Å². The number of rotatable bonds is 8. The van der Waals surface area contributed by atoms with E-state index in [4.69, 9.17) is 9.84 Å². The fraction of sp³-hybridized carbons (Fsp3) is 0.412. The molecule has 108 valence electrons. The largest absolute Gasteiger partial charge is 0.490 e. The molecule has 1 unspecified atom stereocenters. The van der Waals surface area contributed by atoms with Gasteiger partial charge in [0.25, 0.3) is 0 Å². The molecule has 1 aromatic carbocycles. The van der Waals surface area contributed by atoms with E-state index in [1.165, 1.54) is 0 Å². The number of unbranched alkanes of at least 4 members (excludes halogenated alkanes) is 3. The second kappa shape index (κ2) is 11.1. The Kier molecular flexibility index (Phi) is 9.04. The lowest BCUT2D eigenvalue weighted by Crippen LogP contribution is -2.14. The molecule has 3 heteroatoms. The highest BCUT2D eigenvalue weighted by Gasteiger charge is 1.99. The van der Waals surface area contributed by atoms with Crippen LogP contribution >= 0.6 is 0 Å². The molecular formula is C17H22O3. The van der Waals surface area contributed by atoms with E-state index in [9.17, 15) is 5.11 Å². The summed E-state index contributed by atoms with van der Waals surface area (Å²) in [6.45, 7) is 0.429. The SMILES string of the molecule is OCCCCCC=CC#CC(O)COc1ccccc1. The maximum Gasteiger partial charge on any atom is 0.148 e. The van der Waals surface area contributed by atoms with Crippen molar-refractivity contribution < 1.29 is 14.9 Å². The number of hydrogen-bond acceptors (Lipinski definition) is 3. The van der Waals surface area contributed by atoms with Crippen LogP contribution in [0, 0.1) is 11.8 Å². The van der Waals surface area contributed by atoms with Crippen LogP contribution in [0.3, 0.4) is 0 Å². The molecule has 0 heterocycles. The van der Waals surface area contributed by atoms with Gasteiger partial charge in [-0.15, -0.1) is 0 Å². The first-order valence-corrected chi connectivity index (χ1v) is 6.96. The number of allylic oxidation sites excluding steroid dienone is 2. The van der Waals surface area contributed by atoms with Crippen molar-refractivity contribution in [3.05, 3.63) is 42.5 Å². The summed E-state index contributed by atoms with van der Waals surface area (Å²) in [7, 11) is 0. The van der Waals surface area contributed by atoms with Crippen molar-refractivity contribution in [3.63, 3.8) is 0 Å². The van der Waals surface area contributed by atoms with Gasteiger partial charge in [0.15, 0.2) is 0 Å².